The molecule has 0 saturated heterocycles. The van der Waals surface area contributed by atoms with E-state index in [9.17, 15) is 4.79 Å². The van der Waals surface area contributed by atoms with Gasteiger partial charge in [-0.3, -0.25) is 4.79 Å². The maximum absolute atomic E-state index is 12.5. The lowest BCUT2D eigenvalue weighted by Gasteiger charge is -2.34. The number of carbonyl (C=O) groups excluding carboxylic acids is 1. The third-order valence-corrected chi connectivity index (χ3v) is 4.55. The molecular formula is C14H29ClN2O. The third kappa shape index (κ3) is 3.86. The zero-order chi connectivity index (χ0) is 12.9. The van der Waals surface area contributed by atoms with E-state index in [0.717, 1.165) is 19.4 Å². The van der Waals surface area contributed by atoms with Gasteiger partial charge in [-0.2, -0.15) is 0 Å². The zero-order valence-corrected chi connectivity index (χ0v) is 12.9. The summed E-state index contributed by atoms with van der Waals surface area (Å²) in [6.45, 7) is 5.52. The molecular weight excluding hydrogens is 248 g/mol. The van der Waals surface area contributed by atoms with Crippen LogP contribution in [0.15, 0.2) is 0 Å². The molecule has 0 unspecified atom stereocenters. The minimum atomic E-state index is -0.326. The van der Waals surface area contributed by atoms with Gasteiger partial charge in [-0.1, -0.05) is 26.7 Å². The molecule has 0 aromatic rings. The molecule has 1 saturated carbocycles. The number of amides is 1. The van der Waals surface area contributed by atoms with E-state index < -0.39 is 0 Å². The number of halogens is 1. The lowest BCUT2D eigenvalue weighted by molar-refractivity contribution is -0.141. The Kier molecular flexibility index (Phi) is 7.88. The quantitative estimate of drug-likeness (QED) is 0.811. The largest absolute Gasteiger partial charge is 0.345 e. The Balaban J connectivity index is 0.00000289. The van der Waals surface area contributed by atoms with Gasteiger partial charge < -0.3 is 10.6 Å². The van der Waals surface area contributed by atoms with Crippen LogP contribution in [0.4, 0.5) is 0 Å². The van der Waals surface area contributed by atoms with E-state index in [4.69, 9.17) is 5.73 Å². The minimum Gasteiger partial charge on any atom is -0.345 e. The summed E-state index contributed by atoms with van der Waals surface area (Å²) in [5.74, 6) is 0.963. The predicted molar refractivity (Wildman–Crippen MR) is 78.9 cm³/mol. The molecule has 4 heteroatoms. The summed E-state index contributed by atoms with van der Waals surface area (Å²) in [6.07, 6.45) is 6.91. The molecule has 0 aromatic heterocycles. The number of hydrogen-bond donors (Lipinski definition) is 1. The molecule has 0 atom stereocenters. The second-order valence-electron chi connectivity index (χ2n) is 5.53. The van der Waals surface area contributed by atoms with E-state index in [0.29, 0.717) is 12.5 Å². The van der Waals surface area contributed by atoms with Crippen LogP contribution in [0.5, 0.6) is 0 Å². The first kappa shape index (κ1) is 17.7. The second kappa shape index (κ2) is 8.00. The molecule has 0 radical (unpaired) electrons. The Hall–Kier alpha value is -0.280. The van der Waals surface area contributed by atoms with E-state index in [1.54, 1.807) is 0 Å². The number of nitrogens with two attached hydrogens (primary N) is 1. The van der Waals surface area contributed by atoms with Crippen molar-refractivity contribution in [3.63, 3.8) is 0 Å². The van der Waals surface area contributed by atoms with Gasteiger partial charge in [0, 0.05) is 20.1 Å². The first-order valence-corrected chi connectivity index (χ1v) is 7.05. The smallest absolute Gasteiger partial charge is 0.229 e. The average molecular weight is 277 g/mol. The third-order valence-electron chi connectivity index (χ3n) is 4.55. The fourth-order valence-electron chi connectivity index (χ4n) is 3.00. The van der Waals surface area contributed by atoms with E-state index in [1.165, 1.54) is 25.7 Å². The number of rotatable bonds is 6. The highest BCUT2D eigenvalue weighted by Gasteiger charge is 2.36. The van der Waals surface area contributed by atoms with Crippen molar-refractivity contribution < 1.29 is 4.79 Å². The fraction of sp³-hybridized carbons (Fsp3) is 0.929. The van der Waals surface area contributed by atoms with Crippen LogP contribution in [0.1, 0.15) is 52.4 Å². The number of hydrogen-bond acceptors (Lipinski definition) is 2. The minimum absolute atomic E-state index is 0. The van der Waals surface area contributed by atoms with Crippen molar-refractivity contribution in [2.75, 3.05) is 20.1 Å². The van der Waals surface area contributed by atoms with E-state index in [-0.39, 0.29) is 23.7 Å². The first-order chi connectivity index (χ1) is 8.09. The molecule has 1 amide bonds. The molecule has 0 aliphatic heterocycles. The van der Waals surface area contributed by atoms with Crippen LogP contribution in [-0.2, 0) is 4.79 Å². The molecule has 1 aliphatic carbocycles. The predicted octanol–water partition coefficient (Wildman–Crippen LogP) is 2.82. The molecule has 1 rings (SSSR count). The molecule has 0 aromatic carbocycles. The Bertz CT molecular complexity index is 240. The lowest BCUT2D eigenvalue weighted by Crippen LogP contribution is -2.47. The average Bonchev–Trinajstić information content (AvgIpc) is 2.84. The van der Waals surface area contributed by atoms with Gasteiger partial charge in [0.15, 0.2) is 0 Å². The number of nitrogens with zero attached hydrogens (tertiary/aromatic N) is 1. The summed E-state index contributed by atoms with van der Waals surface area (Å²) >= 11 is 0. The highest BCUT2D eigenvalue weighted by molar-refractivity contribution is 5.85. The molecule has 1 fully saturated rings. The zero-order valence-electron chi connectivity index (χ0n) is 12.1. The Morgan fingerprint density at radius 3 is 2.17 bits per heavy atom. The monoisotopic (exact) mass is 276 g/mol. The molecule has 3 nitrogen and oxygen atoms in total. The van der Waals surface area contributed by atoms with Crippen molar-refractivity contribution in [3.8, 4) is 0 Å². The van der Waals surface area contributed by atoms with Crippen molar-refractivity contribution >= 4 is 18.3 Å². The Morgan fingerprint density at radius 2 is 1.78 bits per heavy atom. The van der Waals surface area contributed by atoms with E-state index >= 15 is 0 Å². The summed E-state index contributed by atoms with van der Waals surface area (Å²) in [5, 5.41) is 0. The van der Waals surface area contributed by atoms with Gasteiger partial charge in [0.1, 0.15) is 0 Å². The molecule has 2 N–H and O–H groups in total. The highest BCUT2D eigenvalue weighted by Crippen LogP contribution is 2.30. The topological polar surface area (TPSA) is 46.3 Å². The van der Waals surface area contributed by atoms with Gasteiger partial charge in [0.2, 0.25) is 5.91 Å². The van der Waals surface area contributed by atoms with Crippen molar-refractivity contribution in [2.24, 2.45) is 17.1 Å². The SMILES string of the molecule is CCC(CC)(CN)C(=O)N(C)CC1CCCC1.Cl. The Morgan fingerprint density at radius 1 is 1.28 bits per heavy atom. The maximum Gasteiger partial charge on any atom is 0.229 e. The van der Waals surface area contributed by atoms with Crippen LogP contribution >= 0.6 is 12.4 Å². The summed E-state index contributed by atoms with van der Waals surface area (Å²) < 4.78 is 0. The summed E-state index contributed by atoms with van der Waals surface area (Å²) in [6, 6.07) is 0. The molecule has 108 valence electrons. The van der Waals surface area contributed by atoms with Crippen LogP contribution in [0.3, 0.4) is 0 Å². The molecule has 1 aliphatic rings. The van der Waals surface area contributed by atoms with Crippen LogP contribution in [0.25, 0.3) is 0 Å². The molecule has 0 spiro atoms. The number of carbonyl (C=O) groups is 1. The fourth-order valence-corrected chi connectivity index (χ4v) is 3.00. The van der Waals surface area contributed by atoms with Crippen molar-refractivity contribution in [2.45, 2.75) is 52.4 Å². The van der Waals surface area contributed by atoms with Gasteiger partial charge in [-0.05, 0) is 31.6 Å². The van der Waals surface area contributed by atoms with Crippen LogP contribution in [-0.4, -0.2) is 30.9 Å². The van der Waals surface area contributed by atoms with Crippen molar-refractivity contribution in [1.82, 2.24) is 4.90 Å². The highest BCUT2D eigenvalue weighted by atomic mass is 35.5. The van der Waals surface area contributed by atoms with Gasteiger partial charge >= 0.3 is 0 Å². The van der Waals surface area contributed by atoms with Crippen LogP contribution < -0.4 is 5.73 Å². The normalized spacial score (nSPS) is 16.4. The van der Waals surface area contributed by atoms with Crippen molar-refractivity contribution in [3.05, 3.63) is 0 Å². The van der Waals surface area contributed by atoms with Crippen LogP contribution in [0.2, 0.25) is 0 Å². The van der Waals surface area contributed by atoms with E-state index in [1.807, 2.05) is 11.9 Å². The van der Waals surface area contributed by atoms with Gasteiger partial charge in [0.05, 0.1) is 5.41 Å². The summed E-state index contributed by atoms with van der Waals surface area (Å²) in [7, 11) is 1.94. The van der Waals surface area contributed by atoms with Crippen LogP contribution in [0, 0.1) is 11.3 Å². The first-order valence-electron chi connectivity index (χ1n) is 7.05. The summed E-state index contributed by atoms with van der Waals surface area (Å²) in [5.41, 5.74) is 5.50. The van der Waals surface area contributed by atoms with E-state index in [2.05, 4.69) is 13.8 Å². The lowest BCUT2D eigenvalue weighted by atomic mass is 9.81. The second-order valence-corrected chi connectivity index (χ2v) is 5.53. The van der Waals surface area contributed by atoms with Gasteiger partial charge in [0.25, 0.3) is 0 Å². The van der Waals surface area contributed by atoms with Crippen molar-refractivity contribution in [1.29, 1.82) is 0 Å². The Labute approximate surface area is 118 Å². The van der Waals surface area contributed by atoms with Gasteiger partial charge in [-0.15, -0.1) is 12.4 Å². The molecule has 0 bridgehead atoms. The standard InChI is InChI=1S/C14H28N2O.ClH/c1-4-14(5-2,11-15)13(17)16(3)10-12-8-6-7-9-12;/h12H,4-11,15H2,1-3H3;1H. The summed E-state index contributed by atoms with van der Waals surface area (Å²) in [4.78, 5) is 14.4. The maximum atomic E-state index is 12.5. The molecule has 0 heterocycles. The van der Waals surface area contributed by atoms with Gasteiger partial charge in [-0.25, -0.2) is 0 Å². The molecule has 18 heavy (non-hydrogen) atoms.